The molecule has 0 atom stereocenters. The van der Waals surface area contributed by atoms with Crippen LogP contribution >= 0.6 is 0 Å². The second kappa shape index (κ2) is 4.78. The molecule has 8 nitrogen and oxygen atoms in total. The summed E-state index contributed by atoms with van der Waals surface area (Å²) in [5, 5.41) is 15.3. The molecule has 1 rings (SSSR count). The lowest BCUT2D eigenvalue weighted by Gasteiger charge is -2.10. The number of alkyl halides is 2. The van der Waals surface area contributed by atoms with Crippen LogP contribution in [0.3, 0.4) is 0 Å². The zero-order valence-electron chi connectivity index (χ0n) is 8.83. The molecular weight excluding hydrogens is 276 g/mol. The van der Waals surface area contributed by atoms with Crippen LogP contribution in [0.5, 0.6) is 5.75 Å². The molecule has 2 N–H and O–H groups in total. The third-order valence-electron chi connectivity index (χ3n) is 1.92. The highest BCUT2D eigenvalue weighted by atomic mass is 32.2. The van der Waals surface area contributed by atoms with Gasteiger partial charge in [0.2, 0.25) is 10.0 Å². The summed E-state index contributed by atoms with van der Waals surface area (Å²) < 4.78 is 52.2. The number of ether oxygens (including phenoxy) is 1. The molecular formula is C7H7F2N3O5S. The largest absolute Gasteiger partial charge is 0.494 e. The molecule has 11 heteroatoms. The number of nitro groups is 1. The van der Waals surface area contributed by atoms with E-state index in [1.54, 1.807) is 0 Å². The Balaban J connectivity index is 3.75. The van der Waals surface area contributed by atoms with Crippen LogP contribution in [0.4, 0.5) is 14.6 Å². The zero-order valence-corrected chi connectivity index (χ0v) is 9.65. The van der Waals surface area contributed by atoms with Crippen molar-refractivity contribution in [1.29, 1.82) is 0 Å². The minimum absolute atomic E-state index is 0.498. The fourth-order valence-electron chi connectivity index (χ4n) is 1.24. The van der Waals surface area contributed by atoms with Gasteiger partial charge in [-0.15, -0.1) is 0 Å². The van der Waals surface area contributed by atoms with E-state index in [-0.39, 0.29) is 0 Å². The predicted octanol–water partition coefficient (Wildman–Crippen LogP) is 0.583. The summed E-state index contributed by atoms with van der Waals surface area (Å²) in [7, 11) is -3.50. The van der Waals surface area contributed by atoms with E-state index in [0.29, 0.717) is 6.20 Å². The number of hydrogen-bond donors (Lipinski definition) is 1. The van der Waals surface area contributed by atoms with Gasteiger partial charge in [-0.2, -0.15) is 0 Å². The molecule has 0 aliphatic carbocycles. The average Bonchev–Trinajstić information content (AvgIpc) is 2.25. The maximum absolute atomic E-state index is 12.7. The molecule has 18 heavy (non-hydrogen) atoms. The number of hydrogen-bond acceptors (Lipinski definition) is 6. The number of sulfonamides is 1. The molecule has 0 saturated carbocycles. The van der Waals surface area contributed by atoms with Crippen molar-refractivity contribution < 1.29 is 26.9 Å². The molecule has 0 radical (unpaired) electrons. The number of nitrogens with two attached hydrogens (primary N) is 1. The van der Waals surface area contributed by atoms with Crippen LogP contribution in [-0.2, 0) is 10.0 Å². The molecule has 0 fully saturated rings. The Morgan fingerprint density at radius 1 is 1.56 bits per heavy atom. The first-order valence-electron chi connectivity index (χ1n) is 4.22. The van der Waals surface area contributed by atoms with Crippen molar-refractivity contribution in [2.45, 2.75) is 11.3 Å². The maximum atomic E-state index is 12.7. The molecule has 0 aliphatic heterocycles. The molecule has 1 aromatic rings. The zero-order chi connectivity index (χ0) is 14.1. The Morgan fingerprint density at radius 2 is 2.11 bits per heavy atom. The maximum Gasteiger partial charge on any atom is 0.376 e. The summed E-state index contributed by atoms with van der Waals surface area (Å²) in [6.07, 6.45) is -2.84. The topological polar surface area (TPSA) is 125 Å². The molecule has 0 saturated heterocycles. The Labute approximate surface area is 99.6 Å². The van der Waals surface area contributed by atoms with Crippen molar-refractivity contribution in [1.82, 2.24) is 4.98 Å². The van der Waals surface area contributed by atoms with Gasteiger partial charge in [-0.3, -0.25) is 0 Å². The molecule has 100 valence electrons. The number of nitrogens with zero attached hydrogens (tertiary/aromatic N) is 2. The molecule has 0 unspecified atom stereocenters. The minimum atomic E-state index is -4.39. The van der Waals surface area contributed by atoms with Gasteiger partial charge >= 0.3 is 5.82 Å². The first-order chi connectivity index (χ1) is 8.20. The van der Waals surface area contributed by atoms with E-state index >= 15 is 0 Å². The van der Waals surface area contributed by atoms with E-state index in [9.17, 15) is 27.3 Å². The van der Waals surface area contributed by atoms with E-state index in [1.807, 2.05) is 0 Å². The summed E-state index contributed by atoms with van der Waals surface area (Å²) in [5.74, 6) is -2.07. The molecule has 0 bridgehead atoms. The van der Waals surface area contributed by atoms with Crippen molar-refractivity contribution in [2.75, 3.05) is 7.11 Å². The number of pyridine rings is 1. The van der Waals surface area contributed by atoms with Crippen LogP contribution in [-0.4, -0.2) is 25.4 Å². The highest BCUT2D eigenvalue weighted by Gasteiger charge is 2.33. The van der Waals surface area contributed by atoms with Gasteiger partial charge < -0.3 is 14.9 Å². The lowest BCUT2D eigenvalue weighted by atomic mass is 10.2. The van der Waals surface area contributed by atoms with E-state index in [0.717, 1.165) is 7.11 Å². The quantitative estimate of drug-likeness (QED) is 0.636. The van der Waals surface area contributed by atoms with Crippen LogP contribution < -0.4 is 9.88 Å². The first-order valence-corrected chi connectivity index (χ1v) is 5.77. The highest BCUT2D eigenvalue weighted by Crippen LogP contribution is 2.38. The fraction of sp³-hybridized carbons (Fsp3) is 0.286. The second-order valence-electron chi connectivity index (χ2n) is 3.00. The lowest BCUT2D eigenvalue weighted by molar-refractivity contribution is -0.391. The third kappa shape index (κ3) is 2.51. The minimum Gasteiger partial charge on any atom is -0.494 e. The summed E-state index contributed by atoms with van der Waals surface area (Å²) in [5.41, 5.74) is -1.23. The van der Waals surface area contributed by atoms with Crippen molar-refractivity contribution in [3.05, 3.63) is 21.9 Å². The fourth-order valence-corrected chi connectivity index (χ4v) is 1.89. The van der Waals surface area contributed by atoms with Crippen molar-refractivity contribution >= 4 is 15.8 Å². The van der Waals surface area contributed by atoms with Crippen LogP contribution in [0.2, 0.25) is 0 Å². The highest BCUT2D eigenvalue weighted by molar-refractivity contribution is 7.89. The van der Waals surface area contributed by atoms with Gasteiger partial charge in [0.25, 0.3) is 6.43 Å². The van der Waals surface area contributed by atoms with Gasteiger partial charge in [-0.05, 0) is 9.91 Å². The van der Waals surface area contributed by atoms with Crippen LogP contribution in [0.15, 0.2) is 11.1 Å². The van der Waals surface area contributed by atoms with Crippen LogP contribution in [0.25, 0.3) is 0 Å². The number of primary sulfonamides is 1. The van der Waals surface area contributed by atoms with E-state index in [4.69, 9.17) is 5.14 Å². The molecule has 0 aromatic carbocycles. The van der Waals surface area contributed by atoms with Gasteiger partial charge in [0, 0.05) is 0 Å². The van der Waals surface area contributed by atoms with Crippen molar-refractivity contribution in [2.24, 2.45) is 5.14 Å². The normalized spacial score (nSPS) is 11.6. The Hall–Kier alpha value is -1.88. The van der Waals surface area contributed by atoms with Crippen LogP contribution in [0.1, 0.15) is 12.0 Å². The molecule has 0 amide bonds. The summed E-state index contributed by atoms with van der Waals surface area (Å²) in [6, 6.07) is 0. The van der Waals surface area contributed by atoms with Gasteiger partial charge in [0.15, 0.2) is 22.4 Å². The lowest BCUT2D eigenvalue weighted by Crippen LogP contribution is -2.16. The monoisotopic (exact) mass is 283 g/mol. The standard InChI is InChI=1S/C7H7F2N3O5S/c1-17-5-3(18(10,15)16)2-11-7(12(13)14)4(5)6(8)9/h2,6H,1H3,(H2,10,15,16). The smallest absolute Gasteiger partial charge is 0.376 e. The van der Waals surface area contributed by atoms with Gasteiger partial charge in [-0.25, -0.2) is 22.3 Å². The Kier molecular flexibility index (Phi) is 3.76. The summed E-state index contributed by atoms with van der Waals surface area (Å²) in [6.45, 7) is 0. The Bertz CT molecular complexity index is 589. The predicted molar refractivity (Wildman–Crippen MR) is 53.8 cm³/mol. The summed E-state index contributed by atoms with van der Waals surface area (Å²) in [4.78, 5) is 11.6. The van der Waals surface area contributed by atoms with Crippen molar-refractivity contribution in [3.63, 3.8) is 0 Å². The van der Waals surface area contributed by atoms with Gasteiger partial charge in [-0.1, -0.05) is 0 Å². The molecule has 0 aliphatic rings. The SMILES string of the molecule is COc1c(S(N)(=O)=O)cnc([N+](=O)[O-])c1C(F)F. The number of halogens is 2. The molecule has 1 aromatic heterocycles. The Morgan fingerprint density at radius 3 is 2.44 bits per heavy atom. The van der Waals surface area contributed by atoms with Gasteiger partial charge in [0.1, 0.15) is 0 Å². The number of aromatic nitrogens is 1. The third-order valence-corrected chi connectivity index (χ3v) is 2.82. The van der Waals surface area contributed by atoms with Crippen LogP contribution in [0, 0.1) is 10.1 Å². The number of rotatable bonds is 4. The van der Waals surface area contributed by atoms with E-state index in [2.05, 4.69) is 9.72 Å². The second-order valence-corrected chi connectivity index (χ2v) is 4.53. The average molecular weight is 283 g/mol. The molecule has 1 heterocycles. The molecule has 0 spiro atoms. The number of methoxy groups -OCH3 is 1. The van der Waals surface area contributed by atoms with Gasteiger partial charge in [0.05, 0.1) is 7.11 Å². The van der Waals surface area contributed by atoms with E-state index in [1.165, 1.54) is 0 Å². The summed E-state index contributed by atoms with van der Waals surface area (Å²) >= 11 is 0. The van der Waals surface area contributed by atoms with E-state index < -0.39 is 43.4 Å². The van der Waals surface area contributed by atoms with Crippen molar-refractivity contribution in [3.8, 4) is 5.75 Å². The first kappa shape index (κ1) is 14.2.